The molecule has 90 valence electrons. The molecule has 6 nitrogen and oxygen atoms in total. The van der Waals surface area contributed by atoms with Crippen LogP contribution in [0.5, 0.6) is 0 Å². The molecule has 0 saturated heterocycles. The molecule has 1 aromatic heterocycles. The Morgan fingerprint density at radius 1 is 1.47 bits per heavy atom. The Morgan fingerprint density at radius 3 is 2.82 bits per heavy atom. The fraction of sp³-hybridized carbons (Fsp3) is 0.455. The molecular formula is C11H14N4O2. The van der Waals surface area contributed by atoms with Gasteiger partial charge >= 0.3 is 6.03 Å². The van der Waals surface area contributed by atoms with Gasteiger partial charge in [-0.15, -0.1) is 0 Å². The number of rotatable bonds is 2. The average Bonchev–Trinajstić information content (AvgIpc) is 2.25. The van der Waals surface area contributed by atoms with Gasteiger partial charge in [-0.1, -0.05) is 0 Å². The Hall–Kier alpha value is -1.98. The Balaban J connectivity index is 2.36. The lowest BCUT2D eigenvalue weighted by Gasteiger charge is -2.31. The van der Waals surface area contributed by atoms with Crippen LogP contribution in [-0.4, -0.2) is 40.8 Å². The van der Waals surface area contributed by atoms with E-state index in [-0.39, 0.29) is 18.2 Å². The Kier molecular flexibility index (Phi) is 2.79. The van der Waals surface area contributed by atoms with Gasteiger partial charge < -0.3 is 4.90 Å². The maximum Gasteiger partial charge on any atom is 0.324 e. The third-order valence-corrected chi connectivity index (χ3v) is 2.66. The highest BCUT2D eigenvalue weighted by Crippen LogP contribution is 2.24. The fourth-order valence-electron chi connectivity index (χ4n) is 1.81. The van der Waals surface area contributed by atoms with Gasteiger partial charge in [0.1, 0.15) is 11.6 Å². The van der Waals surface area contributed by atoms with Gasteiger partial charge in [0.15, 0.2) is 0 Å². The molecule has 0 unspecified atom stereocenters. The molecule has 2 rings (SSSR count). The van der Waals surface area contributed by atoms with Crippen molar-refractivity contribution in [3.63, 3.8) is 0 Å². The Morgan fingerprint density at radius 2 is 2.18 bits per heavy atom. The maximum atomic E-state index is 11.7. The summed E-state index contributed by atoms with van der Waals surface area (Å²) in [5.74, 6) is 0.533. The minimum absolute atomic E-state index is 0.0264. The number of carbonyl (C=O) groups is 2. The van der Waals surface area contributed by atoms with E-state index in [9.17, 15) is 9.59 Å². The largest absolute Gasteiger partial charge is 0.324 e. The van der Waals surface area contributed by atoms with Gasteiger partial charge in [-0.05, 0) is 6.92 Å². The van der Waals surface area contributed by atoms with Crippen molar-refractivity contribution in [2.45, 2.75) is 19.9 Å². The summed E-state index contributed by atoms with van der Waals surface area (Å²) >= 11 is 0. The van der Waals surface area contributed by atoms with E-state index in [2.05, 4.69) is 9.97 Å². The summed E-state index contributed by atoms with van der Waals surface area (Å²) in [7, 11) is 3.40. The summed E-state index contributed by atoms with van der Waals surface area (Å²) in [6.07, 6.45) is 1.83. The summed E-state index contributed by atoms with van der Waals surface area (Å²) in [5.41, 5.74) is 1.49. The SMILES string of the molecule is CC(=O)Cc1ncc2c(n1)CN(C)C(=O)N2C. The third kappa shape index (κ3) is 2.11. The van der Waals surface area contributed by atoms with E-state index in [1.807, 2.05) is 0 Å². The molecule has 17 heavy (non-hydrogen) atoms. The highest BCUT2D eigenvalue weighted by molar-refractivity contribution is 5.93. The predicted molar refractivity (Wildman–Crippen MR) is 61.7 cm³/mol. The van der Waals surface area contributed by atoms with Crippen LogP contribution in [0.2, 0.25) is 0 Å². The summed E-state index contributed by atoms with van der Waals surface area (Å²) in [4.78, 5) is 34.2. The number of hydrogen-bond donors (Lipinski definition) is 0. The first-order valence-electron chi connectivity index (χ1n) is 5.32. The van der Waals surface area contributed by atoms with Gasteiger partial charge in [-0.3, -0.25) is 9.69 Å². The van der Waals surface area contributed by atoms with Crippen molar-refractivity contribution in [1.82, 2.24) is 14.9 Å². The number of carbonyl (C=O) groups excluding carboxylic acids is 2. The molecule has 0 bridgehead atoms. The molecule has 0 spiro atoms. The second kappa shape index (κ2) is 4.12. The van der Waals surface area contributed by atoms with Gasteiger partial charge in [0.05, 0.1) is 30.5 Å². The first-order chi connectivity index (χ1) is 7.99. The molecule has 1 aliphatic rings. The lowest BCUT2D eigenvalue weighted by molar-refractivity contribution is -0.116. The number of fused-ring (bicyclic) bond motifs is 1. The van der Waals surface area contributed by atoms with Crippen LogP contribution in [0.3, 0.4) is 0 Å². The van der Waals surface area contributed by atoms with Crippen molar-refractivity contribution in [2.75, 3.05) is 19.0 Å². The molecule has 2 heterocycles. The standard InChI is InChI=1S/C11H14N4O2/c1-7(16)4-10-12-5-9-8(13-10)6-14(2)11(17)15(9)3/h5H,4,6H2,1-3H3. The van der Waals surface area contributed by atoms with E-state index < -0.39 is 0 Å². The van der Waals surface area contributed by atoms with E-state index in [0.717, 1.165) is 5.69 Å². The molecular weight excluding hydrogens is 220 g/mol. The van der Waals surface area contributed by atoms with E-state index in [4.69, 9.17) is 0 Å². The van der Waals surface area contributed by atoms with Crippen molar-refractivity contribution < 1.29 is 9.59 Å². The molecule has 2 amide bonds. The highest BCUT2D eigenvalue weighted by atomic mass is 16.2. The van der Waals surface area contributed by atoms with Crippen LogP contribution in [0.1, 0.15) is 18.4 Å². The van der Waals surface area contributed by atoms with Gasteiger partial charge in [0.25, 0.3) is 0 Å². The maximum absolute atomic E-state index is 11.7. The van der Waals surface area contributed by atoms with Crippen LogP contribution in [0.25, 0.3) is 0 Å². The van der Waals surface area contributed by atoms with Gasteiger partial charge in [-0.25, -0.2) is 14.8 Å². The normalized spacial score (nSPS) is 14.9. The van der Waals surface area contributed by atoms with Crippen LogP contribution >= 0.6 is 0 Å². The van der Waals surface area contributed by atoms with E-state index in [1.54, 1.807) is 25.2 Å². The minimum Gasteiger partial charge on any atom is -0.321 e. The van der Waals surface area contributed by atoms with Crippen molar-refractivity contribution in [2.24, 2.45) is 0 Å². The van der Waals surface area contributed by atoms with Crippen LogP contribution in [0, 0.1) is 0 Å². The molecule has 0 atom stereocenters. The summed E-state index contributed by atoms with van der Waals surface area (Å²) in [5, 5.41) is 0. The number of amides is 2. The van der Waals surface area contributed by atoms with Crippen molar-refractivity contribution in [3.05, 3.63) is 17.7 Å². The van der Waals surface area contributed by atoms with Gasteiger partial charge in [-0.2, -0.15) is 0 Å². The Labute approximate surface area is 99.3 Å². The molecule has 6 heteroatoms. The van der Waals surface area contributed by atoms with Crippen LogP contribution in [0.4, 0.5) is 10.5 Å². The molecule has 0 aromatic carbocycles. The third-order valence-electron chi connectivity index (χ3n) is 2.66. The molecule has 0 fully saturated rings. The number of urea groups is 1. The first kappa shape index (κ1) is 11.5. The number of nitrogens with zero attached hydrogens (tertiary/aromatic N) is 4. The zero-order chi connectivity index (χ0) is 12.6. The lowest BCUT2D eigenvalue weighted by atomic mass is 10.2. The van der Waals surface area contributed by atoms with Crippen LogP contribution < -0.4 is 4.90 Å². The average molecular weight is 234 g/mol. The smallest absolute Gasteiger partial charge is 0.321 e. The van der Waals surface area contributed by atoms with Crippen molar-refractivity contribution >= 4 is 17.5 Å². The monoisotopic (exact) mass is 234 g/mol. The second-order valence-electron chi connectivity index (χ2n) is 4.19. The molecule has 1 aliphatic heterocycles. The Bertz CT molecular complexity index is 486. The zero-order valence-electron chi connectivity index (χ0n) is 10.1. The molecule has 0 N–H and O–H groups in total. The van der Waals surface area contributed by atoms with Gasteiger partial charge in [0.2, 0.25) is 0 Å². The number of aromatic nitrogens is 2. The number of ketones is 1. The minimum atomic E-state index is -0.0829. The van der Waals surface area contributed by atoms with E-state index in [0.29, 0.717) is 18.1 Å². The lowest BCUT2D eigenvalue weighted by Crippen LogP contribution is -2.43. The van der Waals surface area contributed by atoms with Crippen LogP contribution in [0.15, 0.2) is 6.20 Å². The number of Topliss-reactive ketones (excluding diaryl/α,β-unsaturated/α-hetero) is 1. The first-order valence-corrected chi connectivity index (χ1v) is 5.32. The summed E-state index contributed by atoms with van der Waals surface area (Å²) in [6.45, 7) is 1.95. The summed E-state index contributed by atoms with van der Waals surface area (Å²) in [6, 6.07) is -0.0829. The van der Waals surface area contributed by atoms with Crippen molar-refractivity contribution in [3.8, 4) is 0 Å². The topological polar surface area (TPSA) is 66.4 Å². The van der Waals surface area contributed by atoms with E-state index in [1.165, 1.54) is 11.8 Å². The number of anilines is 1. The summed E-state index contributed by atoms with van der Waals surface area (Å²) < 4.78 is 0. The zero-order valence-corrected chi connectivity index (χ0v) is 10.1. The quantitative estimate of drug-likeness (QED) is 0.752. The predicted octanol–water partition coefficient (Wildman–Crippen LogP) is 0.610. The molecule has 0 aliphatic carbocycles. The van der Waals surface area contributed by atoms with Gasteiger partial charge in [0, 0.05) is 14.1 Å². The number of hydrogen-bond acceptors (Lipinski definition) is 4. The van der Waals surface area contributed by atoms with Crippen molar-refractivity contribution in [1.29, 1.82) is 0 Å². The fourth-order valence-corrected chi connectivity index (χ4v) is 1.81. The molecule has 1 aromatic rings. The second-order valence-corrected chi connectivity index (χ2v) is 4.19. The van der Waals surface area contributed by atoms with E-state index >= 15 is 0 Å². The highest BCUT2D eigenvalue weighted by Gasteiger charge is 2.26. The molecule has 0 saturated carbocycles. The van der Waals surface area contributed by atoms with Crippen LogP contribution in [-0.2, 0) is 17.8 Å². The molecule has 0 radical (unpaired) electrons.